The second kappa shape index (κ2) is 6.72. The Morgan fingerprint density at radius 3 is 2.68 bits per heavy atom. The maximum absolute atomic E-state index is 13.6. The maximum Gasteiger partial charge on any atom is 0.338 e. The van der Waals surface area contributed by atoms with Crippen LogP contribution < -0.4 is 10.5 Å². The van der Waals surface area contributed by atoms with E-state index in [0.717, 1.165) is 31.0 Å². The van der Waals surface area contributed by atoms with E-state index in [2.05, 4.69) is 4.72 Å². The molecule has 0 saturated heterocycles. The number of halogens is 1. The summed E-state index contributed by atoms with van der Waals surface area (Å²) in [6.45, 7) is 1.90. The molecule has 0 heterocycles. The first kappa shape index (κ1) is 16.9. The highest BCUT2D eigenvalue weighted by molar-refractivity contribution is 7.89. The van der Waals surface area contributed by atoms with Gasteiger partial charge in [0.15, 0.2) is 0 Å². The first-order chi connectivity index (χ1) is 10.4. The van der Waals surface area contributed by atoms with Crippen LogP contribution in [0.5, 0.6) is 0 Å². The first-order valence-electron chi connectivity index (χ1n) is 7.07. The van der Waals surface area contributed by atoms with E-state index in [9.17, 15) is 17.6 Å². The van der Waals surface area contributed by atoms with E-state index in [4.69, 9.17) is 10.5 Å². The van der Waals surface area contributed by atoms with Crippen LogP contribution in [0.25, 0.3) is 0 Å². The Labute approximate surface area is 128 Å². The van der Waals surface area contributed by atoms with E-state index in [1.54, 1.807) is 6.92 Å². The Morgan fingerprint density at radius 1 is 1.45 bits per heavy atom. The summed E-state index contributed by atoms with van der Waals surface area (Å²) in [7, 11) is -3.95. The van der Waals surface area contributed by atoms with E-state index < -0.39 is 21.8 Å². The SMILES string of the molecule is CCOC(=O)c1cc(F)cc(S(=O)(=O)NC(CN)C2CC2)c1. The lowest BCUT2D eigenvalue weighted by Gasteiger charge is -2.16. The number of nitrogens with one attached hydrogen (secondary N) is 1. The van der Waals surface area contributed by atoms with E-state index in [0.29, 0.717) is 0 Å². The van der Waals surface area contributed by atoms with Crippen molar-refractivity contribution in [2.45, 2.75) is 30.7 Å². The third-order valence-corrected chi connectivity index (χ3v) is 4.91. The molecule has 3 N–H and O–H groups in total. The zero-order valence-electron chi connectivity index (χ0n) is 12.2. The number of carbonyl (C=O) groups is 1. The van der Waals surface area contributed by atoms with Gasteiger partial charge in [0, 0.05) is 12.6 Å². The number of rotatable bonds is 7. The van der Waals surface area contributed by atoms with E-state index in [1.807, 2.05) is 0 Å². The van der Waals surface area contributed by atoms with Crippen molar-refractivity contribution in [1.82, 2.24) is 4.72 Å². The molecule has 2 rings (SSSR count). The normalized spacial score (nSPS) is 16.3. The van der Waals surface area contributed by atoms with Gasteiger partial charge < -0.3 is 10.5 Å². The van der Waals surface area contributed by atoms with Crippen LogP contribution >= 0.6 is 0 Å². The van der Waals surface area contributed by atoms with Crippen molar-refractivity contribution >= 4 is 16.0 Å². The Morgan fingerprint density at radius 2 is 2.14 bits per heavy atom. The van der Waals surface area contributed by atoms with Gasteiger partial charge in [-0.1, -0.05) is 0 Å². The quantitative estimate of drug-likeness (QED) is 0.727. The second-order valence-electron chi connectivity index (χ2n) is 5.20. The van der Waals surface area contributed by atoms with Crippen LogP contribution in [0.1, 0.15) is 30.1 Å². The largest absolute Gasteiger partial charge is 0.462 e. The third-order valence-electron chi connectivity index (χ3n) is 3.44. The molecule has 0 spiro atoms. The number of sulfonamides is 1. The fraction of sp³-hybridized carbons (Fsp3) is 0.500. The molecule has 1 fully saturated rings. The molecular weight excluding hydrogens is 311 g/mol. The van der Waals surface area contributed by atoms with Crippen LogP contribution in [0.4, 0.5) is 4.39 Å². The molecule has 1 aliphatic rings. The highest BCUT2D eigenvalue weighted by atomic mass is 32.2. The summed E-state index contributed by atoms with van der Waals surface area (Å²) in [5.74, 6) is -1.37. The van der Waals surface area contributed by atoms with Crippen molar-refractivity contribution in [2.24, 2.45) is 11.7 Å². The third kappa shape index (κ3) is 4.02. The average Bonchev–Trinajstić information content (AvgIpc) is 3.29. The van der Waals surface area contributed by atoms with Crippen LogP contribution in [0.3, 0.4) is 0 Å². The molecule has 0 radical (unpaired) electrons. The Hall–Kier alpha value is -1.51. The number of ether oxygens (including phenoxy) is 1. The molecule has 8 heteroatoms. The lowest BCUT2D eigenvalue weighted by Crippen LogP contribution is -2.41. The molecule has 0 bridgehead atoms. The zero-order chi connectivity index (χ0) is 16.3. The predicted octanol–water partition coefficient (Wildman–Crippen LogP) is 1.02. The molecule has 122 valence electrons. The summed E-state index contributed by atoms with van der Waals surface area (Å²) in [5.41, 5.74) is 5.43. The Kier molecular flexibility index (Phi) is 5.15. The van der Waals surface area contributed by atoms with Crippen LogP contribution in [-0.2, 0) is 14.8 Å². The fourth-order valence-electron chi connectivity index (χ4n) is 2.15. The maximum atomic E-state index is 13.6. The molecular formula is C14H19FN2O4S. The summed E-state index contributed by atoms with van der Waals surface area (Å²) in [6, 6.07) is 2.53. The van der Waals surface area contributed by atoms with Gasteiger partial charge in [0.1, 0.15) is 5.82 Å². The number of carbonyl (C=O) groups excluding carboxylic acids is 1. The van der Waals surface area contributed by atoms with Crippen molar-refractivity contribution in [3.8, 4) is 0 Å². The van der Waals surface area contributed by atoms with Crippen LogP contribution in [0.2, 0.25) is 0 Å². The van der Waals surface area contributed by atoms with E-state index in [1.165, 1.54) is 0 Å². The lowest BCUT2D eigenvalue weighted by atomic mass is 10.2. The summed E-state index contributed by atoms with van der Waals surface area (Å²) < 4.78 is 45.5. The smallest absolute Gasteiger partial charge is 0.338 e. The second-order valence-corrected chi connectivity index (χ2v) is 6.91. The summed E-state index contributed by atoms with van der Waals surface area (Å²) in [5, 5.41) is 0. The average molecular weight is 330 g/mol. The lowest BCUT2D eigenvalue weighted by molar-refractivity contribution is 0.0525. The molecule has 1 aromatic rings. The number of benzene rings is 1. The van der Waals surface area contributed by atoms with E-state index in [-0.39, 0.29) is 35.6 Å². The molecule has 6 nitrogen and oxygen atoms in total. The van der Waals surface area contributed by atoms with Gasteiger partial charge in [-0.2, -0.15) is 0 Å². The standard InChI is InChI=1S/C14H19FN2O4S/c1-2-21-14(18)10-5-11(15)7-12(6-10)22(19,20)17-13(8-16)9-3-4-9/h5-7,9,13,17H,2-4,8,16H2,1H3. The van der Waals surface area contributed by atoms with Crippen LogP contribution in [0.15, 0.2) is 23.1 Å². The molecule has 22 heavy (non-hydrogen) atoms. The van der Waals surface area contributed by atoms with Gasteiger partial charge in [-0.05, 0) is 43.9 Å². The molecule has 0 aromatic heterocycles. The fourth-order valence-corrected chi connectivity index (χ4v) is 3.53. The molecule has 1 atom stereocenters. The Balaban J connectivity index is 2.27. The minimum absolute atomic E-state index is 0.118. The zero-order valence-corrected chi connectivity index (χ0v) is 13.0. The molecule has 1 saturated carbocycles. The first-order valence-corrected chi connectivity index (χ1v) is 8.55. The molecule has 0 amide bonds. The molecule has 1 unspecified atom stereocenters. The van der Waals surface area contributed by atoms with Crippen LogP contribution in [-0.4, -0.2) is 33.6 Å². The van der Waals surface area contributed by atoms with Crippen molar-refractivity contribution < 1.29 is 22.3 Å². The number of hydrogen-bond acceptors (Lipinski definition) is 5. The highest BCUT2D eigenvalue weighted by Gasteiger charge is 2.33. The number of hydrogen-bond donors (Lipinski definition) is 2. The number of nitrogens with two attached hydrogens (primary N) is 1. The highest BCUT2D eigenvalue weighted by Crippen LogP contribution is 2.33. The number of esters is 1. The van der Waals surface area contributed by atoms with E-state index >= 15 is 0 Å². The summed E-state index contributed by atoms with van der Waals surface area (Å²) in [6.07, 6.45) is 1.84. The van der Waals surface area contributed by atoms with Gasteiger partial charge in [0.2, 0.25) is 10.0 Å². The minimum Gasteiger partial charge on any atom is -0.462 e. The Bertz CT molecular complexity index is 659. The topological polar surface area (TPSA) is 98.5 Å². The van der Waals surface area contributed by atoms with Gasteiger partial charge in [0.05, 0.1) is 17.1 Å². The monoisotopic (exact) mass is 330 g/mol. The van der Waals surface area contributed by atoms with Gasteiger partial charge in [-0.15, -0.1) is 0 Å². The summed E-state index contributed by atoms with van der Waals surface area (Å²) in [4.78, 5) is 11.3. The summed E-state index contributed by atoms with van der Waals surface area (Å²) >= 11 is 0. The molecule has 1 aliphatic carbocycles. The molecule has 0 aliphatic heterocycles. The van der Waals surface area contributed by atoms with Crippen LogP contribution in [0, 0.1) is 11.7 Å². The van der Waals surface area contributed by atoms with Crippen molar-refractivity contribution in [3.63, 3.8) is 0 Å². The van der Waals surface area contributed by atoms with Crippen molar-refractivity contribution in [3.05, 3.63) is 29.6 Å². The minimum atomic E-state index is -3.95. The predicted molar refractivity (Wildman–Crippen MR) is 78.2 cm³/mol. The van der Waals surface area contributed by atoms with Gasteiger partial charge in [0.25, 0.3) is 0 Å². The van der Waals surface area contributed by atoms with Gasteiger partial charge in [-0.25, -0.2) is 22.3 Å². The van der Waals surface area contributed by atoms with Gasteiger partial charge >= 0.3 is 5.97 Å². The van der Waals surface area contributed by atoms with Crippen molar-refractivity contribution in [2.75, 3.05) is 13.2 Å². The van der Waals surface area contributed by atoms with Gasteiger partial charge in [-0.3, -0.25) is 0 Å². The molecule has 1 aromatic carbocycles. The van der Waals surface area contributed by atoms with Crippen molar-refractivity contribution in [1.29, 1.82) is 0 Å².